The van der Waals surface area contributed by atoms with Crippen LogP contribution < -0.4 is 5.32 Å². The maximum atomic E-state index is 13.0. The largest absolute Gasteiger partial charge is 0.466 e. The third kappa shape index (κ3) is 5.28. The number of aliphatic hydroxyl groups is 1. The number of hydrogen-bond acceptors (Lipinski definition) is 7. The Balaban J connectivity index is 2.72. The zero-order chi connectivity index (χ0) is 21.6. The standard InChI is InChI=1S/C20H23Cl2NO5S/c1-4-28-20(26)17-14(10-29-9-8-24)23-11(2)15(19(25)27-3)16(17)12-6-5-7-13(21)18(12)22/h5-7,16,23-24H,4,8-10H2,1-3H3. The van der Waals surface area contributed by atoms with Crippen LogP contribution in [0.25, 0.3) is 0 Å². The Hall–Kier alpha value is -1.67. The van der Waals surface area contributed by atoms with Crippen molar-refractivity contribution in [1.29, 1.82) is 0 Å². The van der Waals surface area contributed by atoms with E-state index in [1.54, 1.807) is 32.0 Å². The number of ether oxygens (including phenoxy) is 2. The van der Waals surface area contributed by atoms with Gasteiger partial charge in [0.25, 0.3) is 0 Å². The molecule has 1 aliphatic heterocycles. The van der Waals surface area contributed by atoms with Crippen molar-refractivity contribution in [3.63, 3.8) is 0 Å². The van der Waals surface area contributed by atoms with Crippen molar-refractivity contribution in [2.45, 2.75) is 19.8 Å². The van der Waals surface area contributed by atoms with Crippen molar-refractivity contribution in [1.82, 2.24) is 5.32 Å². The van der Waals surface area contributed by atoms with Crippen LogP contribution in [0.1, 0.15) is 25.3 Å². The highest BCUT2D eigenvalue weighted by molar-refractivity contribution is 7.99. The summed E-state index contributed by atoms with van der Waals surface area (Å²) in [6.45, 7) is 3.62. The van der Waals surface area contributed by atoms with E-state index >= 15 is 0 Å². The van der Waals surface area contributed by atoms with Crippen LogP contribution in [0.4, 0.5) is 0 Å². The van der Waals surface area contributed by atoms with Gasteiger partial charge in [0.1, 0.15) is 0 Å². The van der Waals surface area contributed by atoms with Gasteiger partial charge in [0, 0.05) is 22.9 Å². The van der Waals surface area contributed by atoms with E-state index in [-0.39, 0.29) is 29.4 Å². The molecule has 29 heavy (non-hydrogen) atoms. The van der Waals surface area contributed by atoms with Crippen LogP contribution in [0.15, 0.2) is 40.7 Å². The number of thioether (sulfide) groups is 1. The molecular weight excluding hydrogens is 437 g/mol. The van der Waals surface area contributed by atoms with Gasteiger partial charge in [-0.25, -0.2) is 9.59 Å². The summed E-state index contributed by atoms with van der Waals surface area (Å²) in [6, 6.07) is 5.06. The van der Waals surface area contributed by atoms with E-state index in [2.05, 4.69) is 5.32 Å². The predicted octanol–water partition coefficient (Wildman–Crippen LogP) is 3.67. The molecule has 0 saturated carbocycles. The molecule has 0 aromatic heterocycles. The lowest BCUT2D eigenvalue weighted by Gasteiger charge is -2.32. The smallest absolute Gasteiger partial charge is 0.336 e. The molecule has 1 heterocycles. The van der Waals surface area contributed by atoms with Crippen LogP contribution in [-0.2, 0) is 19.1 Å². The van der Waals surface area contributed by atoms with Crippen LogP contribution in [0.2, 0.25) is 10.0 Å². The molecule has 2 rings (SSSR count). The first-order chi connectivity index (χ1) is 13.9. The van der Waals surface area contributed by atoms with E-state index in [1.807, 2.05) is 0 Å². The Bertz CT molecular complexity index is 853. The zero-order valence-corrected chi connectivity index (χ0v) is 18.7. The van der Waals surface area contributed by atoms with Crippen LogP contribution in [0.5, 0.6) is 0 Å². The number of hydrogen-bond donors (Lipinski definition) is 2. The fourth-order valence-electron chi connectivity index (χ4n) is 3.13. The molecule has 1 aromatic carbocycles. The number of halogens is 2. The van der Waals surface area contributed by atoms with Gasteiger partial charge in [0.2, 0.25) is 0 Å². The zero-order valence-electron chi connectivity index (χ0n) is 16.4. The molecule has 6 nitrogen and oxygen atoms in total. The van der Waals surface area contributed by atoms with Gasteiger partial charge < -0.3 is 19.9 Å². The van der Waals surface area contributed by atoms with Gasteiger partial charge >= 0.3 is 11.9 Å². The Morgan fingerprint density at radius 1 is 1.24 bits per heavy atom. The predicted molar refractivity (Wildman–Crippen MR) is 115 cm³/mol. The first-order valence-electron chi connectivity index (χ1n) is 8.96. The minimum absolute atomic E-state index is 0.0124. The third-order valence-electron chi connectivity index (χ3n) is 4.32. The number of allylic oxidation sites excluding steroid dienone is 1. The topological polar surface area (TPSA) is 84.9 Å². The van der Waals surface area contributed by atoms with Crippen LogP contribution in [0, 0.1) is 0 Å². The van der Waals surface area contributed by atoms with E-state index in [9.17, 15) is 9.59 Å². The van der Waals surface area contributed by atoms with E-state index in [0.29, 0.717) is 33.5 Å². The molecule has 0 spiro atoms. The number of carbonyl (C=O) groups is 2. The third-order valence-corrected chi connectivity index (χ3v) is 6.12. The summed E-state index contributed by atoms with van der Waals surface area (Å²) >= 11 is 14.1. The quantitative estimate of drug-likeness (QED) is 0.452. The molecule has 9 heteroatoms. The summed E-state index contributed by atoms with van der Waals surface area (Å²) in [5.74, 6) is -1.04. The van der Waals surface area contributed by atoms with E-state index < -0.39 is 17.9 Å². The number of benzene rings is 1. The van der Waals surface area contributed by atoms with Crippen LogP contribution in [0.3, 0.4) is 0 Å². The summed E-state index contributed by atoms with van der Waals surface area (Å²) in [7, 11) is 1.28. The summed E-state index contributed by atoms with van der Waals surface area (Å²) in [6.07, 6.45) is 0. The van der Waals surface area contributed by atoms with Crippen molar-refractivity contribution in [3.05, 3.63) is 56.3 Å². The maximum absolute atomic E-state index is 13.0. The molecule has 0 fully saturated rings. The molecule has 0 radical (unpaired) electrons. The number of nitrogens with one attached hydrogen (secondary N) is 1. The molecule has 1 aromatic rings. The average Bonchev–Trinajstić information content (AvgIpc) is 2.69. The second-order valence-electron chi connectivity index (χ2n) is 6.12. The molecular formula is C20H23Cl2NO5S. The monoisotopic (exact) mass is 459 g/mol. The maximum Gasteiger partial charge on any atom is 0.336 e. The van der Waals surface area contributed by atoms with Gasteiger partial charge in [-0.1, -0.05) is 35.3 Å². The van der Waals surface area contributed by atoms with E-state index in [1.165, 1.54) is 18.9 Å². The van der Waals surface area contributed by atoms with E-state index in [0.717, 1.165) is 0 Å². The molecule has 0 amide bonds. The lowest BCUT2D eigenvalue weighted by molar-refractivity contribution is -0.139. The Morgan fingerprint density at radius 2 is 1.97 bits per heavy atom. The Morgan fingerprint density at radius 3 is 2.59 bits per heavy atom. The first kappa shape index (κ1) is 23.6. The second-order valence-corrected chi connectivity index (χ2v) is 8.01. The van der Waals surface area contributed by atoms with Crippen molar-refractivity contribution in [3.8, 4) is 0 Å². The van der Waals surface area contributed by atoms with Gasteiger partial charge in [0.05, 0.1) is 47.4 Å². The van der Waals surface area contributed by atoms with Crippen molar-refractivity contribution in [2.24, 2.45) is 0 Å². The van der Waals surface area contributed by atoms with Gasteiger partial charge in [-0.3, -0.25) is 0 Å². The number of methoxy groups -OCH3 is 1. The molecule has 0 aliphatic carbocycles. The second kappa shape index (κ2) is 10.9. The number of esters is 2. The van der Waals surface area contributed by atoms with Crippen LogP contribution in [-0.4, -0.2) is 48.9 Å². The summed E-state index contributed by atoms with van der Waals surface area (Å²) in [5, 5.41) is 12.8. The lowest BCUT2D eigenvalue weighted by atomic mass is 9.80. The fourth-order valence-corrected chi connectivity index (χ4v) is 4.26. The molecule has 0 bridgehead atoms. The van der Waals surface area contributed by atoms with Gasteiger partial charge in [-0.2, -0.15) is 11.8 Å². The number of rotatable bonds is 8. The van der Waals surface area contributed by atoms with E-state index in [4.69, 9.17) is 37.8 Å². The summed E-state index contributed by atoms with van der Waals surface area (Å²) < 4.78 is 10.3. The summed E-state index contributed by atoms with van der Waals surface area (Å²) in [5.41, 5.74) is 2.18. The normalized spacial score (nSPS) is 16.6. The average molecular weight is 460 g/mol. The van der Waals surface area contributed by atoms with Gasteiger partial charge in [-0.15, -0.1) is 0 Å². The molecule has 1 aliphatic rings. The lowest BCUT2D eigenvalue weighted by Crippen LogP contribution is -2.34. The Labute approximate surface area is 184 Å². The molecule has 1 atom stereocenters. The SMILES string of the molecule is CCOC(=O)C1=C(CSCCO)NC(C)=C(C(=O)OC)C1c1cccc(Cl)c1Cl. The fraction of sp³-hybridized carbons (Fsp3) is 0.400. The van der Waals surface area contributed by atoms with Gasteiger partial charge in [0.15, 0.2) is 0 Å². The summed E-state index contributed by atoms with van der Waals surface area (Å²) in [4.78, 5) is 25.6. The number of aliphatic hydroxyl groups excluding tert-OH is 1. The molecule has 2 N–H and O–H groups in total. The van der Waals surface area contributed by atoms with Gasteiger partial charge in [-0.05, 0) is 25.5 Å². The minimum Gasteiger partial charge on any atom is -0.466 e. The van der Waals surface area contributed by atoms with Crippen molar-refractivity contribution in [2.75, 3.05) is 31.8 Å². The molecule has 158 valence electrons. The van der Waals surface area contributed by atoms with Crippen LogP contribution >= 0.6 is 35.0 Å². The number of dihydropyridines is 1. The number of carbonyl (C=O) groups excluding carboxylic acids is 2. The Kier molecular flexibility index (Phi) is 8.89. The van der Waals surface area contributed by atoms with Crippen molar-refractivity contribution >= 4 is 46.9 Å². The molecule has 1 unspecified atom stereocenters. The highest BCUT2D eigenvalue weighted by atomic mass is 35.5. The molecule has 0 saturated heterocycles. The minimum atomic E-state index is -0.807. The van der Waals surface area contributed by atoms with Crippen molar-refractivity contribution < 1.29 is 24.2 Å². The highest BCUT2D eigenvalue weighted by Crippen LogP contribution is 2.43. The highest BCUT2D eigenvalue weighted by Gasteiger charge is 2.39. The first-order valence-corrected chi connectivity index (χ1v) is 10.9.